The molecule has 0 aromatic carbocycles. The van der Waals surface area contributed by atoms with E-state index in [0.717, 1.165) is 0 Å². The molecule has 1 radical (unpaired) electrons. The summed E-state index contributed by atoms with van der Waals surface area (Å²) < 4.78 is 0. The molecule has 1 rings (SSSR count). The van der Waals surface area contributed by atoms with Gasteiger partial charge in [0.1, 0.15) is 0 Å². The highest BCUT2D eigenvalue weighted by Crippen LogP contribution is 2.30. The fraction of sp³-hybridized carbons (Fsp3) is 0.545. The van der Waals surface area contributed by atoms with Gasteiger partial charge in [0.05, 0.1) is 0 Å². The molecule has 0 spiro atoms. The lowest BCUT2D eigenvalue weighted by molar-refractivity contribution is 1.04. The average Bonchev–Trinajstić information content (AvgIpc) is 2.46. The molecule has 0 fully saturated rings. The molecule has 1 aliphatic carbocycles. The van der Waals surface area contributed by atoms with Crippen molar-refractivity contribution in [3.05, 3.63) is 29.2 Å². The van der Waals surface area contributed by atoms with Crippen LogP contribution in [0.2, 0.25) is 0 Å². The van der Waals surface area contributed by atoms with E-state index in [1.165, 1.54) is 25.2 Å². The van der Waals surface area contributed by atoms with Gasteiger partial charge in [0.2, 0.25) is 0 Å². The fourth-order valence-corrected chi connectivity index (χ4v) is 1.54. The van der Waals surface area contributed by atoms with Crippen LogP contribution < -0.4 is 0 Å². The molecule has 0 aromatic rings. The zero-order chi connectivity index (χ0) is 8.27. The highest BCUT2D eigenvalue weighted by Gasteiger charge is 2.13. The lowest BCUT2D eigenvalue weighted by Crippen LogP contribution is -1.80. The Morgan fingerprint density at radius 2 is 1.27 bits per heavy atom. The van der Waals surface area contributed by atoms with Crippen LogP contribution in [0.15, 0.2) is 23.3 Å². The van der Waals surface area contributed by atoms with Crippen LogP contribution in [-0.4, -0.2) is 0 Å². The Bertz CT molecular complexity index is 164. The van der Waals surface area contributed by atoms with Crippen molar-refractivity contribution in [1.29, 1.82) is 0 Å². The van der Waals surface area contributed by atoms with Crippen LogP contribution in [0.5, 0.6) is 0 Å². The SMILES string of the molecule is CC[C]1C=C(CC)C(CC)=C1. The van der Waals surface area contributed by atoms with Gasteiger partial charge in [-0.1, -0.05) is 32.9 Å². The highest BCUT2D eigenvalue weighted by molar-refractivity contribution is 5.47. The van der Waals surface area contributed by atoms with E-state index < -0.39 is 0 Å². The minimum Gasteiger partial charge on any atom is -0.0699 e. The second-order valence-corrected chi connectivity index (χ2v) is 2.97. The summed E-state index contributed by atoms with van der Waals surface area (Å²) >= 11 is 0. The van der Waals surface area contributed by atoms with Crippen LogP contribution in [0.4, 0.5) is 0 Å². The third kappa shape index (κ3) is 1.74. The van der Waals surface area contributed by atoms with Crippen molar-refractivity contribution in [2.75, 3.05) is 0 Å². The van der Waals surface area contributed by atoms with E-state index in [1.807, 2.05) is 0 Å². The molecular formula is C11H17. The number of allylic oxidation sites excluding steroid dienone is 4. The summed E-state index contributed by atoms with van der Waals surface area (Å²) in [6, 6.07) is 0. The van der Waals surface area contributed by atoms with E-state index in [4.69, 9.17) is 0 Å². The molecule has 0 aliphatic heterocycles. The molecule has 0 heterocycles. The van der Waals surface area contributed by atoms with Crippen molar-refractivity contribution in [3.63, 3.8) is 0 Å². The minimum atomic E-state index is 1.17. The monoisotopic (exact) mass is 149 g/mol. The Hall–Kier alpha value is -0.520. The van der Waals surface area contributed by atoms with Gasteiger partial charge in [-0.25, -0.2) is 0 Å². The van der Waals surface area contributed by atoms with Gasteiger partial charge in [0.25, 0.3) is 0 Å². The molecule has 0 nitrogen and oxygen atoms in total. The fourth-order valence-electron chi connectivity index (χ4n) is 1.54. The van der Waals surface area contributed by atoms with Crippen LogP contribution in [0.25, 0.3) is 0 Å². The van der Waals surface area contributed by atoms with E-state index in [1.54, 1.807) is 11.1 Å². The third-order valence-electron chi connectivity index (χ3n) is 2.30. The number of hydrogen-bond donors (Lipinski definition) is 0. The van der Waals surface area contributed by atoms with Crippen molar-refractivity contribution in [2.24, 2.45) is 0 Å². The second-order valence-electron chi connectivity index (χ2n) is 2.97. The Morgan fingerprint density at radius 1 is 0.818 bits per heavy atom. The Labute approximate surface area is 70.0 Å². The van der Waals surface area contributed by atoms with Crippen LogP contribution in [0.3, 0.4) is 0 Å². The first-order valence-electron chi connectivity index (χ1n) is 4.59. The molecule has 0 aromatic heterocycles. The molecular weight excluding hydrogens is 132 g/mol. The summed E-state index contributed by atoms with van der Waals surface area (Å²) in [7, 11) is 0. The molecule has 61 valence electrons. The average molecular weight is 149 g/mol. The molecule has 0 saturated heterocycles. The molecule has 0 atom stereocenters. The van der Waals surface area contributed by atoms with E-state index in [2.05, 4.69) is 32.9 Å². The molecule has 1 aliphatic rings. The van der Waals surface area contributed by atoms with Crippen molar-refractivity contribution < 1.29 is 0 Å². The smallest absolute Gasteiger partial charge is 0.0196 e. The van der Waals surface area contributed by atoms with Gasteiger partial charge in [-0.3, -0.25) is 0 Å². The lowest BCUT2D eigenvalue weighted by Gasteiger charge is -2.00. The Morgan fingerprint density at radius 3 is 1.55 bits per heavy atom. The second kappa shape index (κ2) is 3.75. The summed E-state index contributed by atoms with van der Waals surface area (Å²) in [5, 5.41) is 0. The van der Waals surface area contributed by atoms with Crippen molar-refractivity contribution in [3.8, 4) is 0 Å². The number of rotatable bonds is 3. The predicted molar refractivity (Wildman–Crippen MR) is 50.3 cm³/mol. The summed E-state index contributed by atoms with van der Waals surface area (Å²) in [5.41, 5.74) is 3.09. The molecule has 0 heteroatoms. The van der Waals surface area contributed by atoms with Crippen LogP contribution in [-0.2, 0) is 0 Å². The van der Waals surface area contributed by atoms with Gasteiger partial charge in [-0.2, -0.15) is 0 Å². The standard InChI is InChI=1S/C11H17/c1-4-9-7-10(5-2)11(6-3)8-9/h7-8H,4-6H2,1-3H3. The number of hydrogen-bond acceptors (Lipinski definition) is 0. The van der Waals surface area contributed by atoms with E-state index in [9.17, 15) is 0 Å². The van der Waals surface area contributed by atoms with Gasteiger partial charge in [0.15, 0.2) is 0 Å². The van der Waals surface area contributed by atoms with Crippen molar-refractivity contribution in [1.82, 2.24) is 0 Å². The molecule has 11 heavy (non-hydrogen) atoms. The largest absolute Gasteiger partial charge is 0.0699 e. The molecule has 0 saturated carbocycles. The van der Waals surface area contributed by atoms with E-state index in [0.29, 0.717) is 0 Å². The first-order chi connectivity index (χ1) is 5.31. The Balaban J connectivity index is 2.71. The quantitative estimate of drug-likeness (QED) is 0.574. The van der Waals surface area contributed by atoms with Crippen LogP contribution in [0, 0.1) is 5.92 Å². The summed E-state index contributed by atoms with van der Waals surface area (Å²) in [6.45, 7) is 6.68. The summed E-state index contributed by atoms with van der Waals surface area (Å²) in [6.07, 6.45) is 8.23. The maximum atomic E-state index is 2.35. The van der Waals surface area contributed by atoms with Gasteiger partial charge in [0, 0.05) is 5.92 Å². The van der Waals surface area contributed by atoms with E-state index >= 15 is 0 Å². The Kier molecular flexibility index (Phi) is 2.92. The van der Waals surface area contributed by atoms with Gasteiger partial charge < -0.3 is 0 Å². The van der Waals surface area contributed by atoms with E-state index in [-0.39, 0.29) is 0 Å². The minimum absolute atomic E-state index is 1.17. The summed E-state index contributed by atoms with van der Waals surface area (Å²) in [5.74, 6) is 1.50. The van der Waals surface area contributed by atoms with Gasteiger partial charge in [-0.15, -0.1) is 0 Å². The maximum absolute atomic E-state index is 2.35. The lowest BCUT2D eigenvalue weighted by atomic mass is 10.1. The predicted octanol–water partition coefficient (Wildman–Crippen LogP) is 3.66. The normalized spacial score (nSPS) is 18.5. The zero-order valence-electron chi connectivity index (χ0n) is 7.78. The maximum Gasteiger partial charge on any atom is 0.0196 e. The van der Waals surface area contributed by atoms with Crippen LogP contribution >= 0.6 is 0 Å². The third-order valence-corrected chi connectivity index (χ3v) is 2.30. The zero-order valence-corrected chi connectivity index (χ0v) is 7.78. The molecule has 0 N–H and O–H groups in total. The molecule has 0 amide bonds. The van der Waals surface area contributed by atoms with Crippen molar-refractivity contribution in [2.45, 2.75) is 40.0 Å². The first-order valence-corrected chi connectivity index (χ1v) is 4.59. The van der Waals surface area contributed by atoms with Gasteiger partial charge in [-0.05, 0) is 30.4 Å². The van der Waals surface area contributed by atoms with Gasteiger partial charge >= 0.3 is 0 Å². The van der Waals surface area contributed by atoms with Crippen LogP contribution in [0.1, 0.15) is 40.0 Å². The topological polar surface area (TPSA) is 0 Å². The van der Waals surface area contributed by atoms with Crippen molar-refractivity contribution >= 4 is 0 Å². The first kappa shape index (κ1) is 8.58. The molecule has 0 bridgehead atoms. The molecule has 0 unspecified atom stereocenters. The highest BCUT2D eigenvalue weighted by atomic mass is 14.2. The summed E-state index contributed by atoms with van der Waals surface area (Å²) in [4.78, 5) is 0.